The van der Waals surface area contributed by atoms with Gasteiger partial charge in [-0.25, -0.2) is 9.37 Å². The van der Waals surface area contributed by atoms with Crippen molar-refractivity contribution in [1.82, 2.24) is 10.3 Å². The molecule has 1 amide bonds. The van der Waals surface area contributed by atoms with E-state index < -0.39 is 17.4 Å². The van der Waals surface area contributed by atoms with Gasteiger partial charge in [0.2, 0.25) is 0 Å². The van der Waals surface area contributed by atoms with E-state index in [0.717, 1.165) is 24.6 Å². The van der Waals surface area contributed by atoms with Crippen LogP contribution < -0.4 is 10.2 Å². The van der Waals surface area contributed by atoms with Gasteiger partial charge in [0, 0.05) is 45.6 Å². The van der Waals surface area contributed by atoms with Crippen LogP contribution in [0, 0.1) is 5.82 Å². The van der Waals surface area contributed by atoms with Gasteiger partial charge in [-0.15, -0.1) is 0 Å². The van der Waals surface area contributed by atoms with E-state index in [9.17, 15) is 22.4 Å². The van der Waals surface area contributed by atoms with E-state index in [-0.39, 0.29) is 23.5 Å². The van der Waals surface area contributed by atoms with Crippen LogP contribution in [0.4, 0.5) is 23.2 Å². The Bertz CT molecular complexity index is 1190. The number of piperidine rings is 1. The van der Waals surface area contributed by atoms with E-state index in [2.05, 4.69) is 42.2 Å². The first-order valence-corrected chi connectivity index (χ1v) is 12.8. The Balaban J connectivity index is 1.42. The topological polar surface area (TPSA) is 57.6 Å². The number of carbonyl (C=O) groups excluding carboxylic acids is 1. The Hall–Kier alpha value is -2.01. The van der Waals surface area contributed by atoms with E-state index in [1.807, 2.05) is 11.0 Å². The SMILES string of the molecule is O=C1NC(c2ccc(C(F)(F)F)nc2C2CC2)=NC12CCN(c1cc(Br)cc(F)c1CBr)CC2. The van der Waals surface area contributed by atoms with Gasteiger partial charge in [0.1, 0.15) is 22.9 Å². The molecule has 0 unspecified atom stereocenters. The second-order valence-corrected chi connectivity index (χ2v) is 10.3. The molecule has 0 atom stereocenters. The second kappa shape index (κ2) is 8.58. The van der Waals surface area contributed by atoms with Gasteiger partial charge in [-0.1, -0.05) is 31.9 Å². The minimum atomic E-state index is -4.53. The average molecular weight is 604 g/mol. The molecule has 0 bridgehead atoms. The molecule has 1 aromatic carbocycles. The number of nitrogens with one attached hydrogen (secondary N) is 1. The van der Waals surface area contributed by atoms with E-state index in [4.69, 9.17) is 4.99 Å². The number of benzene rings is 1. The number of amidine groups is 1. The summed E-state index contributed by atoms with van der Waals surface area (Å²) in [7, 11) is 0. The lowest BCUT2D eigenvalue weighted by Crippen LogP contribution is -2.49. The maximum absolute atomic E-state index is 14.4. The minimum Gasteiger partial charge on any atom is -0.371 e. The molecule has 0 radical (unpaired) electrons. The van der Waals surface area contributed by atoms with Gasteiger partial charge in [-0.3, -0.25) is 9.79 Å². The molecule has 1 saturated heterocycles. The summed E-state index contributed by atoms with van der Waals surface area (Å²) in [6.45, 7) is 0.974. The molecule has 5 nitrogen and oxygen atoms in total. The number of halogens is 6. The predicted octanol–water partition coefficient (Wildman–Crippen LogP) is 5.69. The Labute approximate surface area is 210 Å². The number of nitrogens with zero attached hydrogens (tertiary/aromatic N) is 3. The first kappa shape index (κ1) is 23.7. The number of aromatic nitrogens is 1. The smallest absolute Gasteiger partial charge is 0.371 e. The van der Waals surface area contributed by atoms with Crippen molar-refractivity contribution < 1.29 is 22.4 Å². The highest BCUT2D eigenvalue weighted by molar-refractivity contribution is 9.10. The maximum atomic E-state index is 14.4. The van der Waals surface area contributed by atoms with Gasteiger partial charge in [0.05, 0.1) is 5.69 Å². The van der Waals surface area contributed by atoms with Crippen molar-refractivity contribution in [2.45, 2.75) is 48.6 Å². The first-order chi connectivity index (χ1) is 16.1. The van der Waals surface area contributed by atoms with Crippen LogP contribution in [0.2, 0.25) is 0 Å². The van der Waals surface area contributed by atoms with E-state index in [1.165, 1.54) is 12.1 Å². The maximum Gasteiger partial charge on any atom is 0.433 e. The van der Waals surface area contributed by atoms with Gasteiger partial charge in [0.15, 0.2) is 0 Å². The Morgan fingerprint density at radius 3 is 2.50 bits per heavy atom. The quantitative estimate of drug-likeness (QED) is 0.361. The molecule has 1 aliphatic carbocycles. The third-order valence-electron chi connectivity index (χ3n) is 6.62. The monoisotopic (exact) mass is 602 g/mol. The Morgan fingerprint density at radius 2 is 1.88 bits per heavy atom. The normalized spacial score (nSPS) is 20.0. The third-order valence-corrected chi connectivity index (χ3v) is 7.63. The van der Waals surface area contributed by atoms with Crippen molar-refractivity contribution in [3.63, 3.8) is 0 Å². The number of carbonyl (C=O) groups is 1. The molecule has 1 aromatic heterocycles. The molecule has 1 saturated carbocycles. The minimum absolute atomic E-state index is 0.0515. The van der Waals surface area contributed by atoms with Crippen molar-refractivity contribution in [2.24, 2.45) is 4.99 Å². The van der Waals surface area contributed by atoms with Crippen LogP contribution in [0.1, 0.15) is 54.1 Å². The molecule has 2 fully saturated rings. The predicted molar refractivity (Wildman–Crippen MR) is 127 cm³/mol. The van der Waals surface area contributed by atoms with Crippen LogP contribution in [0.5, 0.6) is 0 Å². The summed E-state index contributed by atoms with van der Waals surface area (Å²) in [5, 5.41) is 3.16. The summed E-state index contributed by atoms with van der Waals surface area (Å²) in [5.41, 5.74) is 0.172. The molecule has 3 heterocycles. The van der Waals surface area contributed by atoms with Crippen LogP contribution in [0.25, 0.3) is 0 Å². The van der Waals surface area contributed by atoms with Crippen molar-refractivity contribution in [2.75, 3.05) is 18.0 Å². The van der Waals surface area contributed by atoms with Crippen LogP contribution in [0.15, 0.2) is 33.7 Å². The van der Waals surface area contributed by atoms with Gasteiger partial charge >= 0.3 is 6.18 Å². The zero-order valence-electron chi connectivity index (χ0n) is 17.9. The molecule has 34 heavy (non-hydrogen) atoms. The molecule has 180 valence electrons. The summed E-state index contributed by atoms with van der Waals surface area (Å²) in [6, 6.07) is 5.58. The molecule has 2 aliphatic heterocycles. The summed E-state index contributed by atoms with van der Waals surface area (Å²) in [4.78, 5) is 23.6. The Kier molecular flexibility index (Phi) is 5.99. The molecule has 1 spiro atoms. The molecule has 11 heteroatoms. The first-order valence-electron chi connectivity index (χ1n) is 10.9. The van der Waals surface area contributed by atoms with E-state index >= 15 is 0 Å². The number of alkyl halides is 4. The lowest BCUT2D eigenvalue weighted by atomic mass is 9.87. The number of hydrogen-bond acceptors (Lipinski definition) is 4. The lowest BCUT2D eigenvalue weighted by Gasteiger charge is -2.37. The van der Waals surface area contributed by atoms with Crippen LogP contribution in [0.3, 0.4) is 0 Å². The number of pyridine rings is 1. The average Bonchev–Trinajstić information content (AvgIpc) is 3.58. The zero-order chi connectivity index (χ0) is 24.3. The van der Waals surface area contributed by atoms with Gasteiger partial charge in [-0.05, 0) is 49.9 Å². The summed E-state index contributed by atoms with van der Waals surface area (Å²) in [5.74, 6) is -0.339. The highest BCUT2D eigenvalue weighted by Crippen LogP contribution is 2.43. The number of amides is 1. The lowest BCUT2D eigenvalue weighted by molar-refractivity contribution is -0.141. The number of hydrogen-bond donors (Lipinski definition) is 1. The number of anilines is 1. The van der Waals surface area contributed by atoms with Crippen LogP contribution in [-0.2, 0) is 16.3 Å². The van der Waals surface area contributed by atoms with Crippen molar-refractivity contribution in [3.05, 3.63) is 57.1 Å². The van der Waals surface area contributed by atoms with Gasteiger partial charge in [0.25, 0.3) is 5.91 Å². The van der Waals surface area contributed by atoms with Crippen LogP contribution >= 0.6 is 31.9 Å². The van der Waals surface area contributed by atoms with Crippen molar-refractivity contribution in [1.29, 1.82) is 0 Å². The van der Waals surface area contributed by atoms with Gasteiger partial charge < -0.3 is 10.2 Å². The molecular formula is C23H20Br2F4N4O. The van der Waals surface area contributed by atoms with Gasteiger partial charge in [-0.2, -0.15) is 13.2 Å². The standard InChI is InChI=1S/C23H20Br2F4N4O/c24-11-15-16(26)9-13(25)10-17(15)33-7-5-22(6-8-33)21(34)31-20(32-22)14-3-4-18(23(27,28)29)30-19(14)12-1-2-12/h3-4,9-10,12H,1-2,5-8,11H2,(H,31,32,34). The van der Waals surface area contributed by atoms with Crippen molar-refractivity contribution >= 4 is 49.3 Å². The van der Waals surface area contributed by atoms with Crippen LogP contribution in [-0.4, -0.2) is 35.4 Å². The third kappa shape index (κ3) is 4.25. The molecule has 1 N–H and O–H groups in total. The summed E-state index contributed by atoms with van der Waals surface area (Å²) < 4.78 is 54.6. The molecule has 2 aromatic rings. The van der Waals surface area contributed by atoms with E-state index in [1.54, 1.807) is 0 Å². The van der Waals surface area contributed by atoms with Crippen molar-refractivity contribution in [3.8, 4) is 0 Å². The largest absolute Gasteiger partial charge is 0.433 e. The summed E-state index contributed by atoms with van der Waals surface area (Å²) in [6.07, 6.45) is -2.18. The zero-order valence-corrected chi connectivity index (χ0v) is 21.0. The number of aliphatic imine (C=N–C) groups is 1. The summed E-state index contributed by atoms with van der Waals surface area (Å²) >= 11 is 6.69. The molecule has 5 rings (SSSR count). The fourth-order valence-electron chi connectivity index (χ4n) is 4.61. The van der Waals surface area contributed by atoms with E-state index in [0.29, 0.717) is 52.6 Å². The number of rotatable bonds is 4. The highest BCUT2D eigenvalue weighted by Gasteiger charge is 2.47. The molecule has 3 aliphatic rings. The second-order valence-electron chi connectivity index (χ2n) is 8.85. The highest BCUT2D eigenvalue weighted by atomic mass is 79.9. The fraction of sp³-hybridized carbons (Fsp3) is 0.435. The Morgan fingerprint density at radius 1 is 1.18 bits per heavy atom. The fourth-order valence-corrected chi connectivity index (χ4v) is 5.58. The molecular weight excluding hydrogens is 584 g/mol.